The number of hydrogen-bond donors (Lipinski definition) is 1. The second-order valence-electron chi connectivity index (χ2n) is 3.60. The maximum atomic E-state index is 12.2. The van der Waals surface area contributed by atoms with Crippen LogP contribution in [0.4, 0.5) is 5.69 Å². The van der Waals surface area contributed by atoms with E-state index in [0.29, 0.717) is 13.2 Å². The molecular weight excluding hydrogens is 237 g/mol. The molecule has 1 aromatic rings. The zero-order chi connectivity index (χ0) is 12.7. The van der Waals surface area contributed by atoms with Gasteiger partial charge in [0.2, 0.25) is 0 Å². The summed E-state index contributed by atoms with van der Waals surface area (Å²) in [6.45, 7) is 6.37. The lowest BCUT2D eigenvalue weighted by molar-refractivity contribution is 0.221. The predicted molar refractivity (Wildman–Crippen MR) is 70.5 cm³/mol. The van der Waals surface area contributed by atoms with Crippen molar-refractivity contribution in [2.75, 3.05) is 24.8 Å². The first kappa shape index (κ1) is 14.2. The molecule has 0 bridgehead atoms. The molecule has 0 atom stereocenters. The first-order valence-electron chi connectivity index (χ1n) is 5.79. The van der Waals surface area contributed by atoms with E-state index in [9.17, 15) is 4.57 Å². The van der Waals surface area contributed by atoms with E-state index >= 15 is 0 Å². The van der Waals surface area contributed by atoms with E-state index in [-0.39, 0.29) is 6.29 Å². The lowest BCUT2D eigenvalue weighted by atomic mass is 10.2. The fraction of sp³-hybridized carbons (Fsp3) is 0.500. The van der Waals surface area contributed by atoms with Crippen LogP contribution in [0, 0.1) is 6.92 Å². The summed E-state index contributed by atoms with van der Waals surface area (Å²) in [5, 5.41) is 3.11. The van der Waals surface area contributed by atoms with Crippen LogP contribution in [0.5, 0.6) is 0 Å². The minimum absolute atomic E-state index is 0.194. The Morgan fingerprint density at radius 3 is 2.29 bits per heavy atom. The molecule has 96 valence electrons. The molecule has 0 aliphatic heterocycles. The smallest absolute Gasteiger partial charge is 0.349 e. The molecule has 0 saturated heterocycles. The molecule has 1 aromatic carbocycles. The molecule has 4 nitrogen and oxygen atoms in total. The van der Waals surface area contributed by atoms with Gasteiger partial charge in [-0.25, -0.2) is 0 Å². The highest BCUT2D eigenvalue weighted by molar-refractivity contribution is 7.53. The minimum Gasteiger partial charge on any atom is -0.374 e. The van der Waals surface area contributed by atoms with Crippen molar-refractivity contribution in [3.63, 3.8) is 0 Å². The Balaban J connectivity index is 2.64. The molecule has 1 rings (SSSR count). The average Bonchev–Trinajstić information content (AvgIpc) is 2.29. The van der Waals surface area contributed by atoms with Crippen LogP contribution in [0.15, 0.2) is 24.3 Å². The van der Waals surface area contributed by atoms with Crippen molar-refractivity contribution in [2.45, 2.75) is 20.8 Å². The molecule has 0 saturated carbocycles. The van der Waals surface area contributed by atoms with E-state index in [2.05, 4.69) is 5.32 Å². The van der Waals surface area contributed by atoms with Gasteiger partial charge in [0.25, 0.3) is 0 Å². The van der Waals surface area contributed by atoms with Gasteiger partial charge in [-0.15, -0.1) is 0 Å². The summed E-state index contributed by atoms with van der Waals surface area (Å²) in [6, 6.07) is 7.83. The fourth-order valence-corrected chi connectivity index (χ4v) is 2.88. The minimum atomic E-state index is -3.02. The standard InChI is InChI=1S/C12H20NO3P/c1-4-15-17(14,16-5-2)10-13-12-9-7-6-8-11(12)3/h6-9,13H,4-5,10H2,1-3H3. The Hall–Kier alpha value is -0.830. The van der Waals surface area contributed by atoms with Gasteiger partial charge < -0.3 is 14.4 Å². The highest BCUT2D eigenvalue weighted by atomic mass is 31.2. The molecule has 0 aromatic heterocycles. The molecule has 0 aliphatic carbocycles. The summed E-state index contributed by atoms with van der Waals surface area (Å²) in [5.41, 5.74) is 2.05. The van der Waals surface area contributed by atoms with Crippen molar-refractivity contribution in [1.82, 2.24) is 0 Å². The second-order valence-corrected chi connectivity index (χ2v) is 5.65. The summed E-state index contributed by atoms with van der Waals surface area (Å²) >= 11 is 0. The zero-order valence-corrected chi connectivity index (χ0v) is 11.5. The van der Waals surface area contributed by atoms with Gasteiger partial charge >= 0.3 is 7.60 Å². The Bertz CT molecular complexity index is 385. The third-order valence-corrected chi connectivity index (χ3v) is 4.11. The van der Waals surface area contributed by atoms with Crippen molar-refractivity contribution in [3.8, 4) is 0 Å². The largest absolute Gasteiger partial charge is 0.374 e. The van der Waals surface area contributed by atoms with Crippen LogP contribution < -0.4 is 5.32 Å². The Labute approximate surface area is 103 Å². The van der Waals surface area contributed by atoms with E-state index in [0.717, 1.165) is 11.3 Å². The van der Waals surface area contributed by atoms with Gasteiger partial charge in [0.15, 0.2) is 0 Å². The fourth-order valence-electron chi connectivity index (χ4n) is 1.48. The van der Waals surface area contributed by atoms with Crippen LogP contribution in [0.25, 0.3) is 0 Å². The van der Waals surface area contributed by atoms with Crippen LogP contribution >= 0.6 is 7.60 Å². The predicted octanol–water partition coefficient (Wildman–Crippen LogP) is 3.63. The summed E-state index contributed by atoms with van der Waals surface area (Å²) in [6.07, 6.45) is 0.194. The van der Waals surface area contributed by atoms with Crippen molar-refractivity contribution < 1.29 is 13.6 Å². The first-order valence-corrected chi connectivity index (χ1v) is 7.51. The molecule has 0 spiro atoms. The number of para-hydroxylation sites is 1. The number of benzene rings is 1. The maximum Gasteiger partial charge on any atom is 0.349 e. The first-order chi connectivity index (χ1) is 8.11. The van der Waals surface area contributed by atoms with Crippen LogP contribution in [0.2, 0.25) is 0 Å². The van der Waals surface area contributed by atoms with E-state index in [1.807, 2.05) is 31.2 Å². The Morgan fingerprint density at radius 1 is 1.18 bits per heavy atom. The van der Waals surface area contributed by atoms with Crippen molar-refractivity contribution in [2.24, 2.45) is 0 Å². The number of aryl methyl sites for hydroxylation is 1. The van der Waals surface area contributed by atoms with Crippen LogP contribution in [-0.2, 0) is 13.6 Å². The summed E-state index contributed by atoms with van der Waals surface area (Å²) in [5.74, 6) is 0. The lowest BCUT2D eigenvalue weighted by Gasteiger charge is -2.18. The number of nitrogens with one attached hydrogen (secondary N) is 1. The monoisotopic (exact) mass is 257 g/mol. The summed E-state index contributed by atoms with van der Waals surface area (Å²) in [4.78, 5) is 0. The van der Waals surface area contributed by atoms with Gasteiger partial charge in [0, 0.05) is 5.69 Å². The van der Waals surface area contributed by atoms with Crippen molar-refractivity contribution in [3.05, 3.63) is 29.8 Å². The van der Waals surface area contributed by atoms with Gasteiger partial charge in [-0.05, 0) is 32.4 Å². The summed E-state index contributed by atoms with van der Waals surface area (Å²) in [7, 11) is -3.02. The second kappa shape index (κ2) is 6.80. The lowest BCUT2D eigenvalue weighted by Crippen LogP contribution is -2.08. The molecule has 0 aliphatic rings. The van der Waals surface area contributed by atoms with Crippen molar-refractivity contribution in [1.29, 1.82) is 0 Å². The third-order valence-electron chi connectivity index (χ3n) is 2.26. The molecule has 17 heavy (non-hydrogen) atoms. The van der Waals surface area contributed by atoms with E-state index in [1.165, 1.54) is 0 Å². The molecule has 0 fully saturated rings. The molecule has 5 heteroatoms. The van der Waals surface area contributed by atoms with Crippen LogP contribution in [0.3, 0.4) is 0 Å². The molecule has 1 N–H and O–H groups in total. The highest BCUT2D eigenvalue weighted by Gasteiger charge is 2.23. The molecule has 0 radical (unpaired) electrons. The molecule has 0 unspecified atom stereocenters. The highest BCUT2D eigenvalue weighted by Crippen LogP contribution is 2.47. The van der Waals surface area contributed by atoms with Gasteiger partial charge in [-0.2, -0.15) is 0 Å². The maximum absolute atomic E-state index is 12.2. The normalized spacial score (nSPS) is 11.5. The number of rotatable bonds is 7. The van der Waals surface area contributed by atoms with Crippen LogP contribution in [0.1, 0.15) is 19.4 Å². The van der Waals surface area contributed by atoms with Gasteiger partial charge in [-0.3, -0.25) is 4.57 Å². The molecule has 0 amide bonds. The third kappa shape index (κ3) is 4.50. The van der Waals surface area contributed by atoms with Crippen molar-refractivity contribution >= 4 is 13.3 Å². The van der Waals surface area contributed by atoms with E-state index in [4.69, 9.17) is 9.05 Å². The number of anilines is 1. The number of hydrogen-bond acceptors (Lipinski definition) is 4. The Kier molecular flexibility index (Phi) is 5.69. The van der Waals surface area contributed by atoms with E-state index in [1.54, 1.807) is 13.8 Å². The molecule has 0 heterocycles. The zero-order valence-electron chi connectivity index (χ0n) is 10.6. The van der Waals surface area contributed by atoms with Gasteiger partial charge in [0.05, 0.1) is 13.2 Å². The average molecular weight is 257 g/mol. The van der Waals surface area contributed by atoms with Gasteiger partial charge in [0.1, 0.15) is 6.29 Å². The topological polar surface area (TPSA) is 47.6 Å². The van der Waals surface area contributed by atoms with Crippen LogP contribution in [-0.4, -0.2) is 19.5 Å². The van der Waals surface area contributed by atoms with E-state index < -0.39 is 7.60 Å². The van der Waals surface area contributed by atoms with Gasteiger partial charge in [-0.1, -0.05) is 18.2 Å². The molecular formula is C12H20NO3P. The quantitative estimate of drug-likeness (QED) is 0.758. The SMILES string of the molecule is CCOP(=O)(CNc1ccccc1C)OCC. The summed E-state index contributed by atoms with van der Waals surface area (Å²) < 4.78 is 22.6. The Morgan fingerprint density at radius 2 is 1.76 bits per heavy atom.